The van der Waals surface area contributed by atoms with Crippen molar-refractivity contribution in [2.45, 2.75) is 0 Å². The van der Waals surface area contributed by atoms with Crippen molar-refractivity contribution in [2.24, 2.45) is 0 Å². The Morgan fingerprint density at radius 2 is 1.43 bits per heavy atom. The monoisotopic (exact) mass is 200 g/mol. The first-order valence-electron chi connectivity index (χ1n) is 4.27. The van der Waals surface area contributed by atoms with Gasteiger partial charge in [0.05, 0.1) is 0 Å². The lowest BCUT2D eigenvalue weighted by atomic mass is 10.0. The summed E-state index contributed by atoms with van der Waals surface area (Å²) in [5.41, 5.74) is 0.551. The van der Waals surface area contributed by atoms with Crippen LogP contribution in [0.1, 0.15) is 5.56 Å². The lowest BCUT2D eigenvalue weighted by Crippen LogP contribution is -1.98. The number of alkyl halides is 3. The van der Waals surface area contributed by atoms with Crippen LogP contribution >= 0.6 is 0 Å². The molecule has 0 unspecified atom stereocenters. The number of hydrogen-bond acceptors (Lipinski definition) is 0. The Morgan fingerprint density at radius 3 is 1.86 bits per heavy atom. The molecule has 0 aliphatic heterocycles. The van der Waals surface area contributed by atoms with Crippen molar-refractivity contribution in [3.63, 3.8) is 0 Å². The molecule has 0 saturated heterocycles. The average molecular weight is 200 g/mol. The minimum absolute atomic E-state index is 0.112. The van der Waals surface area contributed by atoms with E-state index >= 15 is 0 Å². The lowest BCUT2D eigenvalue weighted by Gasteiger charge is -2.07. The number of allylic oxidation sites excluding steroid dienone is 2. The van der Waals surface area contributed by atoms with E-state index in [-0.39, 0.29) is 11.1 Å². The van der Waals surface area contributed by atoms with Gasteiger partial charge in [-0.05, 0) is 16.7 Å². The Kier molecular flexibility index (Phi) is 4.23. The van der Waals surface area contributed by atoms with E-state index in [1.54, 1.807) is 30.3 Å². The summed E-state index contributed by atoms with van der Waals surface area (Å²) in [6.07, 6.45) is 0. The second-order valence-corrected chi connectivity index (χ2v) is 2.85. The number of benzene rings is 1. The van der Waals surface area contributed by atoms with Crippen LogP contribution in [0.25, 0.3) is 5.57 Å². The Bertz CT molecular complexity index is 298. The molecule has 0 fully saturated rings. The first-order chi connectivity index (χ1) is 6.83. The maximum atomic E-state index is 12.6. The molecule has 0 saturated carbocycles. The average Bonchev–Trinajstić information content (AvgIpc) is 2.27. The molecule has 0 atom stereocenters. The second-order valence-electron chi connectivity index (χ2n) is 2.85. The molecule has 0 spiro atoms. The predicted octanol–water partition coefficient (Wildman–Crippen LogP) is 3.35. The Labute approximate surface area is 81.1 Å². The van der Waals surface area contributed by atoms with Crippen molar-refractivity contribution in [3.8, 4) is 0 Å². The largest absolute Gasteiger partial charge is 0.246 e. The Morgan fingerprint density at radius 1 is 0.857 bits per heavy atom. The molecule has 0 nitrogen and oxygen atoms in total. The summed E-state index contributed by atoms with van der Waals surface area (Å²) in [7, 11) is 0. The molecule has 76 valence electrons. The highest BCUT2D eigenvalue weighted by atomic mass is 19.1. The van der Waals surface area contributed by atoms with Crippen molar-refractivity contribution >= 4 is 5.57 Å². The topological polar surface area (TPSA) is 0 Å². The standard InChI is InChI=1S/C11H11F3/c12-6-10(7-13)11(8-14)9-4-2-1-3-5-9/h1-5H,6-8H2. The molecule has 0 aromatic heterocycles. The fourth-order valence-corrected chi connectivity index (χ4v) is 1.21. The number of hydrogen-bond donors (Lipinski definition) is 0. The van der Waals surface area contributed by atoms with Crippen LogP contribution in [0.15, 0.2) is 35.9 Å². The fraction of sp³-hybridized carbons (Fsp3) is 0.273. The fourth-order valence-electron chi connectivity index (χ4n) is 1.21. The molecular formula is C11H11F3. The van der Waals surface area contributed by atoms with Gasteiger partial charge in [0.2, 0.25) is 0 Å². The smallest absolute Gasteiger partial charge is 0.115 e. The molecule has 1 aromatic carbocycles. The van der Waals surface area contributed by atoms with Gasteiger partial charge in [-0.2, -0.15) is 0 Å². The summed E-state index contributed by atoms with van der Waals surface area (Å²) in [5, 5.41) is 0. The third kappa shape index (κ3) is 2.37. The van der Waals surface area contributed by atoms with Crippen molar-refractivity contribution in [2.75, 3.05) is 20.0 Å². The molecule has 1 aromatic rings. The molecule has 14 heavy (non-hydrogen) atoms. The second kappa shape index (κ2) is 5.47. The van der Waals surface area contributed by atoms with Crippen LogP contribution in [0, 0.1) is 0 Å². The molecule has 0 heterocycles. The molecule has 0 aliphatic carbocycles. The minimum Gasteiger partial charge on any atom is -0.246 e. The lowest BCUT2D eigenvalue weighted by molar-refractivity contribution is 0.471. The zero-order valence-corrected chi connectivity index (χ0v) is 7.64. The normalized spacial score (nSPS) is 9.93. The first kappa shape index (κ1) is 10.8. The number of halogens is 3. The molecule has 3 heteroatoms. The summed E-state index contributed by atoms with van der Waals surface area (Å²) in [6.45, 7) is -2.72. The van der Waals surface area contributed by atoms with Gasteiger partial charge in [-0.1, -0.05) is 30.3 Å². The highest BCUT2D eigenvalue weighted by Gasteiger charge is 2.08. The van der Waals surface area contributed by atoms with Crippen LogP contribution in [0.5, 0.6) is 0 Å². The van der Waals surface area contributed by atoms with Gasteiger partial charge in [-0.3, -0.25) is 0 Å². The van der Waals surface area contributed by atoms with Crippen molar-refractivity contribution in [3.05, 3.63) is 41.5 Å². The van der Waals surface area contributed by atoms with E-state index in [1.807, 2.05) is 0 Å². The van der Waals surface area contributed by atoms with Crippen LogP contribution in [0.2, 0.25) is 0 Å². The van der Waals surface area contributed by atoms with E-state index in [2.05, 4.69) is 0 Å². The van der Waals surface area contributed by atoms with Gasteiger partial charge in [0.1, 0.15) is 20.0 Å². The summed E-state index contributed by atoms with van der Waals surface area (Å²) in [5.74, 6) is 0. The van der Waals surface area contributed by atoms with Gasteiger partial charge in [0.25, 0.3) is 0 Å². The zero-order chi connectivity index (χ0) is 10.4. The van der Waals surface area contributed by atoms with Gasteiger partial charge >= 0.3 is 0 Å². The van der Waals surface area contributed by atoms with Gasteiger partial charge in [-0.15, -0.1) is 0 Å². The molecule has 0 amide bonds. The van der Waals surface area contributed by atoms with Gasteiger partial charge in [0, 0.05) is 0 Å². The van der Waals surface area contributed by atoms with Crippen LogP contribution in [-0.4, -0.2) is 20.0 Å². The quantitative estimate of drug-likeness (QED) is 0.699. The van der Waals surface area contributed by atoms with Crippen molar-refractivity contribution < 1.29 is 13.2 Å². The van der Waals surface area contributed by atoms with Crippen LogP contribution < -0.4 is 0 Å². The SMILES string of the molecule is FCC(CF)=C(CF)c1ccccc1. The molecule has 0 aliphatic rings. The highest BCUT2D eigenvalue weighted by molar-refractivity contribution is 5.69. The van der Waals surface area contributed by atoms with E-state index in [9.17, 15) is 13.2 Å². The molecular weight excluding hydrogens is 189 g/mol. The van der Waals surface area contributed by atoms with Gasteiger partial charge < -0.3 is 0 Å². The Hall–Kier alpha value is -1.25. The van der Waals surface area contributed by atoms with E-state index in [1.165, 1.54) is 0 Å². The van der Waals surface area contributed by atoms with Gasteiger partial charge in [-0.25, -0.2) is 13.2 Å². The highest BCUT2D eigenvalue weighted by Crippen LogP contribution is 2.20. The third-order valence-corrected chi connectivity index (χ3v) is 2.01. The van der Waals surface area contributed by atoms with E-state index < -0.39 is 20.0 Å². The van der Waals surface area contributed by atoms with E-state index in [0.29, 0.717) is 5.56 Å². The maximum absolute atomic E-state index is 12.6. The summed E-state index contributed by atoms with van der Waals surface area (Å²) in [4.78, 5) is 0. The predicted molar refractivity (Wildman–Crippen MR) is 51.3 cm³/mol. The minimum atomic E-state index is -0.940. The first-order valence-corrected chi connectivity index (χ1v) is 4.27. The van der Waals surface area contributed by atoms with Crippen molar-refractivity contribution in [1.29, 1.82) is 0 Å². The summed E-state index contributed by atoms with van der Waals surface area (Å²) >= 11 is 0. The van der Waals surface area contributed by atoms with E-state index in [4.69, 9.17) is 0 Å². The third-order valence-electron chi connectivity index (χ3n) is 2.01. The van der Waals surface area contributed by atoms with Crippen molar-refractivity contribution in [1.82, 2.24) is 0 Å². The van der Waals surface area contributed by atoms with E-state index in [0.717, 1.165) is 0 Å². The molecule has 0 N–H and O–H groups in total. The summed E-state index contributed by atoms with van der Waals surface area (Å²) in [6, 6.07) is 8.46. The zero-order valence-electron chi connectivity index (χ0n) is 7.64. The molecule has 0 radical (unpaired) electrons. The van der Waals surface area contributed by atoms with Gasteiger partial charge in [0.15, 0.2) is 0 Å². The van der Waals surface area contributed by atoms with Crippen LogP contribution in [-0.2, 0) is 0 Å². The maximum Gasteiger partial charge on any atom is 0.115 e. The van der Waals surface area contributed by atoms with Crippen LogP contribution in [0.3, 0.4) is 0 Å². The summed E-state index contributed by atoms with van der Waals surface area (Å²) < 4.78 is 37.2. The molecule has 0 bridgehead atoms. The Balaban J connectivity index is 3.09. The molecule has 1 rings (SSSR count). The van der Waals surface area contributed by atoms with Crippen LogP contribution in [0.4, 0.5) is 13.2 Å². The number of rotatable bonds is 4.